The van der Waals surface area contributed by atoms with E-state index in [1.807, 2.05) is 6.07 Å². The van der Waals surface area contributed by atoms with Gasteiger partial charge in [0.05, 0.1) is 16.1 Å². The van der Waals surface area contributed by atoms with Crippen molar-refractivity contribution in [3.05, 3.63) is 69.3 Å². The van der Waals surface area contributed by atoms with Crippen molar-refractivity contribution in [2.24, 2.45) is 5.73 Å². The fourth-order valence-electron chi connectivity index (χ4n) is 2.04. The van der Waals surface area contributed by atoms with Crippen LogP contribution in [-0.2, 0) is 6.18 Å². The Labute approximate surface area is 156 Å². The SMILES string of the molecule is N#C/C(=C\c1cccc(Oc2ccc(C(F)(F)F)cc2[N+](=O)[O-])c1)C(N)=S. The Morgan fingerprint density at radius 2 is 2.00 bits per heavy atom. The summed E-state index contributed by atoms with van der Waals surface area (Å²) in [6.45, 7) is 0. The molecule has 0 radical (unpaired) electrons. The maximum Gasteiger partial charge on any atom is 0.416 e. The number of benzene rings is 2. The molecular formula is C17H10F3N3O3S. The summed E-state index contributed by atoms with van der Waals surface area (Å²) in [4.78, 5) is 10.0. The molecule has 0 heterocycles. The second kappa shape index (κ2) is 7.84. The van der Waals surface area contributed by atoms with Gasteiger partial charge >= 0.3 is 11.9 Å². The first-order valence-electron chi connectivity index (χ1n) is 7.17. The first kappa shape index (κ1) is 19.9. The van der Waals surface area contributed by atoms with Crippen LogP contribution in [0.2, 0.25) is 0 Å². The summed E-state index contributed by atoms with van der Waals surface area (Å²) in [6, 6.07) is 9.80. The zero-order valence-corrected chi connectivity index (χ0v) is 14.2. The van der Waals surface area contributed by atoms with E-state index in [-0.39, 0.29) is 22.1 Å². The smallest absolute Gasteiger partial charge is 0.416 e. The van der Waals surface area contributed by atoms with E-state index in [0.717, 1.165) is 6.07 Å². The van der Waals surface area contributed by atoms with Crippen molar-refractivity contribution in [3.63, 3.8) is 0 Å². The molecule has 0 saturated heterocycles. The van der Waals surface area contributed by atoms with Crippen LogP contribution in [0, 0.1) is 21.4 Å². The summed E-state index contributed by atoms with van der Waals surface area (Å²) in [5.41, 5.74) is 3.92. The molecule has 0 fully saturated rings. The van der Waals surface area contributed by atoms with Crippen LogP contribution in [-0.4, -0.2) is 9.91 Å². The molecule has 0 unspecified atom stereocenters. The Bertz CT molecular complexity index is 981. The van der Waals surface area contributed by atoms with Crippen LogP contribution in [0.1, 0.15) is 11.1 Å². The number of nitriles is 1. The minimum Gasteiger partial charge on any atom is -0.450 e. The molecule has 0 atom stereocenters. The highest BCUT2D eigenvalue weighted by molar-refractivity contribution is 7.80. The highest BCUT2D eigenvalue weighted by Gasteiger charge is 2.33. The van der Waals surface area contributed by atoms with Crippen LogP contribution in [0.5, 0.6) is 11.5 Å². The second-order valence-corrected chi connectivity index (χ2v) is 5.59. The number of nitro benzene ring substituents is 1. The number of nitro groups is 1. The predicted molar refractivity (Wildman–Crippen MR) is 95.0 cm³/mol. The molecule has 2 aromatic carbocycles. The Morgan fingerprint density at radius 3 is 2.56 bits per heavy atom. The van der Waals surface area contributed by atoms with Gasteiger partial charge in [0, 0.05) is 6.07 Å². The number of hydrogen-bond acceptors (Lipinski definition) is 5. The summed E-state index contributed by atoms with van der Waals surface area (Å²) >= 11 is 4.73. The third kappa shape index (κ3) is 5.02. The fraction of sp³-hybridized carbons (Fsp3) is 0.0588. The summed E-state index contributed by atoms with van der Waals surface area (Å²) in [5.74, 6) is -0.240. The van der Waals surface area contributed by atoms with Gasteiger partial charge in [-0.3, -0.25) is 10.1 Å². The molecular weight excluding hydrogens is 383 g/mol. The van der Waals surface area contributed by atoms with Crippen LogP contribution < -0.4 is 10.5 Å². The lowest BCUT2D eigenvalue weighted by molar-refractivity contribution is -0.385. The van der Waals surface area contributed by atoms with Gasteiger partial charge in [0.25, 0.3) is 0 Å². The summed E-state index contributed by atoms with van der Waals surface area (Å²) in [7, 11) is 0. The third-order valence-corrected chi connectivity index (χ3v) is 3.49. The largest absolute Gasteiger partial charge is 0.450 e. The number of thiocarbonyl (C=S) groups is 1. The van der Waals surface area contributed by atoms with Crippen molar-refractivity contribution in [2.45, 2.75) is 6.18 Å². The molecule has 0 aliphatic carbocycles. The van der Waals surface area contributed by atoms with Gasteiger partial charge in [-0.1, -0.05) is 24.4 Å². The number of hydrogen-bond donors (Lipinski definition) is 1. The van der Waals surface area contributed by atoms with Crippen molar-refractivity contribution >= 4 is 29.0 Å². The zero-order chi connectivity index (χ0) is 20.2. The molecule has 0 bridgehead atoms. The molecule has 0 saturated carbocycles. The Kier molecular flexibility index (Phi) is 5.77. The molecule has 2 rings (SSSR count). The highest BCUT2D eigenvalue weighted by atomic mass is 32.1. The van der Waals surface area contributed by atoms with Crippen molar-refractivity contribution in [1.29, 1.82) is 5.26 Å². The second-order valence-electron chi connectivity index (χ2n) is 5.15. The van der Waals surface area contributed by atoms with E-state index in [0.29, 0.717) is 17.7 Å². The summed E-state index contributed by atoms with van der Waals surface area (Å²) in [5, 5.41) is 20.1. The van der Waals surface area contributed by atoms with Gasteiger partial charge in [-0.2, -0.15) is 18.4 Å². The van der Waals surface area contributed by atoms with Crippen molar-refractivity contribution in [3.8, 4) is 17.6 Å². The lowest BCUT2D eigenvalue weighted by Crippen LogP contribution is -2.09. The normalized spacial score (nSPS) is 11.6. The van der Waals surface area contributed by atoms with Gasteiger partial charge in [0.2, 0.25) is 5.75 Å². The van der Waals surface area contributed by atoms with Gasteiger partial charge in [-0.25, -0.2) is 0 Å². The van der Waals surface area contributed by atoms with Crippen LogP contribution >= 0.6 is 12.2 Å². The molecule has 0 aliphatic rings. The van der Waals surface area contributed by atoms with E-state index in [9.17, 15) is 23.3 Å². The Hall–Kier alpha value is -3.45. The quantitative estimate of drug-likeness (QED) is 0.262. The van der Waals surface area contributed by atoms with Gasteiger partial charge in [0.15, 0.2) is 0 Å². The number of rotatable bonds is 5. The zero-order valence-electron chi connectivity index (χ0n) is 13.4. The topological polar surface area (TPSA) is 102 Å². The van der Waals surface area contributed by atoms with E-state index >= 15 is 0 Å². The molecule has 0 amide bonds. The lowest BCUT2D eigenvalue weighted by Gasteiger charge is -2.10. The first-order chi connectivity index (χ1) is 12.6. The standard InChI is InChI=1S/C17H10F3N3O3S/c18-17(19,20)12-4-5-15(14(8-12)23(24)25)26-13-3-1-2-10(7-13)6-11(9-21)16(22)27/h1-8H,(H2,22,27)/b11-6+. The fourth-order valence-corrected chi connectivity index (χ4v) is 2.15. The molecule has 0 spiro atoms. The van der Waals surface area contributed by atoms with E-state index in [2.05, 4.69) is 0 Å². The molecule has 138 valence electrons. The van der Waals surface area contributed by atoms with Gasteiger partial charge < -0.3 is 10.5 Å². The molecule has 0 aliphatic heterocycles. The average Bonchev–Trinajstić information content (AvgIpc) is 2.59. The highest BCUT2D eigenvalue weighted by Crippen LogP contribution is 2.37. The molecule has 10 heteroatoms. The van der Waals surface area contributed by atoms with E-state index < -0.39 is 22.4 Å². The van der Waals surface area contributed by atoms with Crippen LogP contribution in [0.4, 0.5) is 18.9 Å². The molecule has 2 N–H and O–H groups in total. The number of nitrogens with zero attached hydrogens (tertiary/aromatic N) is 2. The average molecular weight is 393 g/mol. The Morgan fingerprint density at radius 1 is 1.30 bits per heavy atom. The number of nitrogens with two attached hydrogens (primary N) is 1. The number of ether oxygens (including phenoxy) is 1. The maximum absolute atomic E-state index is 12.7. The van der Waals surface area contributed by atoms with E-state index in [1.54, 1.807) is 6.07 Å². The van der Waals surface area contributed by atoms with Gasteiger partial charge in [-0.05, 0) is 35.9 Å². The summed E-state index contributed by atoms with van der Waals surface area (Å²) in [6.07, 6.45) is -3.33. The van der Waals surface area contributed by atoms with Crippen molar-refractivity contribution in [1.82, 2.24) is 0 Å². The van der Waals surface area contributed by atoms with Crippen LogP contribution in [0.25, 0.3) is 6.08 Å². The van der Waals surface area contributed by atoms with Crippen LogP contribution in [0.3, 0.4) is 0 Å². The maximum atomic E-state index is 12.7. The van der Waals surface area contributed by atoms with Crippen LogP contribution in [0.15, 0.2) is 48.0 Å². The minimum atomic E-state index is -4.72. The Balaban J connectivity index is 2.40. The van der Waals surface area contributed by atoms with E-state index in [4.69, 9.17) is 28.0 Å². The molecule has 2 aromatic rings. The molecule has 6 nitrogen and oxygen atoms in total. The first-order valence-corrected chi connectivity index (χ1v) is 7.58. The van der Waals surface area contributed by atoms with Gasteiger partial charge in [0.1, 0.15) is 16.8 Å². The monoisotopic (exact) mass is 393 g/mol. The molecule has 27 heavy (non-hydrogen) atoms. The summed E-state index contributed by atoms with van der Waals surface area (Å²) < 4.78 is 43.6. The number of alkyl halides is 3. The van der Waals surface area contributed by atoms with Gasteiger partial charge in [-0.15, -0.1) is 0 Å². The number of halogens is 3. The van der Waals surface area contributed by atoms with Crippen molar-refractivity contribution < 1.29 is 22.8 Å². The molecule has 0 aromatic heterocycles. The van der Waals surface area contributed by atoms with Crippen molar-refractivity contribution in [2.75, 3.05) is 0 Å². The lowest BCUT2D eigenvalue weighted by atomic mass is 10.1. The van der Waals surface area contributed by atoms with E-state index in [1.165, 1.54) is 24.3 Å². The predicted octanol–water partition coefficient (Wildman–Crippen LogP) is 4.60. The third-order valence-electron chi connectivity index (χ3n) is 3.27. The minimum absolute atomic E-state index is 0.0441.